The molecule has 5 nitrogen and oxygen atoms in total. The summed E-state index contributed by atoms with van der Waals surface area (Å²) in [7, 11) is 0. The van der Waals surface area contributed by atoms with Gasteiger partial charge in [0.1, 0.15) is 0 Å². The lowest BCUT2D eigenvalue weighted by Gasteiger charge is -2.36. The lowest BCUT2D eigenvalue weighted by molar-refractivity contribution is -0.142. The summed E-state index contributed by atoms with van der Waals surface area (Å²) >= 11 is 0. The van der Waals surface area contributed by atoms with Crippen molar-refractivity contribution in [3.8, 4) is 0 Å². The van der Waals surface area contributed by atoms with Gasteiger partial charge in [-0.1, -0.05) is 19.8 Å². The van der Waals surface area contributed by atoms with E-state index < -0.39 is 5.97 Å². The average molecular weight is 296 g/mol. The maximum Gasteiger partial charge on any atom is 0.303 e. The molecule has 0 unspecified atom stereocenters. The number of carbonyl (C=O) groups is 2. The van der Waals surface area contributed by atoms with E-state index in [1.54, 1.807) is 0 Å². The van der Waals surface area contributed by atoms with Gasteiger partial charge in [0.2, 0.25) is 5.91 Å². The molecule has 120 valence electrons. The van der Waals surface area contributed by atoms with Gasteiger partial charge >= 0.3 is 5.97 Å². The van der Waals surface area contributed by atoms with Gasteiger partial charge in [-0.3, -0.25) is 14.5 Å². The minimum Gasteiger partial charge on any atom is -0.481 e. The van der Waals surface area contributed by atoms with Crippen LogP contribution in [-0.4, -0.2) is 59.5 Å². The zero-order chi connectivity index (χ0) is 15.3. The van der Waals surface area contributed by atoms with Gasteiger partial charge in [-0.25, -0.2) is 0 Å². The second-order valence-corrected chi connectivity index (χ2v) is 6.68. The third kappa shape index (κ3) is 4.43. The zero-order valence-corrected chi connectivity index (χ0v) is 13.1. The standard InChI is InChI=1S/C16H28N2O3/c1-2-7-17-8-10-18(11-9-17)14(19)12-16(13-15(20)21)5-3-4-6-16/h2-13H2,1H3,(H,20,21). The Morgan fingerprint density at radius 3 is 2.19 bits per heavy atom. The molecule has 1 saturated carbocycles. The molecule has 5 heteroatoms. The highest BCUT2D eigenvalue weighted by Gasteiger charge is 2.39. The Morgan fingerprint density at radius 2 is 1.67 bits per heavy atom. The number of hydrogen-bond acceptors (Lipinski definition) is 3. The molecule has 2 rings (SSSR count). The number of amides is 1. The van der Waals surface area contributed by atoms with E-state index in [0.717, 1.165) is 64.8 Å². The van der Waals surface area contributed by atoms with Gasteiger partial charge in [0.05, 0.1) is 6.42 Å². The van der Waals surface area contributed by atoms with Gasteiger partial charge < -0.3 is 10.0 Å². The highest BCUT2D eigenvalue weighted by molar-refractivity contribution is 5.78. The molecule has 21 heavy (non-hydrogen) atoms. The SMILES string of the molecule is CCCN1CCN(C(=O)CC2(CC(=O)O)CCCC2)CC1. The lowest BCUT2D eigenvalue weighted by Crippen LogP contribution is -2.49. The van der Waals surface area contributed by atoms with Gasteiger partial charge in [-0.2, -0.15) is 0 Å². The fraction of sp³-hybridized carbons (Fsp3) is 0.875. The molecule has 0 aromatic rings. The van der Waals surface area contributed by atoms with E-state index in [0.29, 0.717) is 6.42 Å². The van der Waals surface area contributed by atoms with E-state index in [9.17, 15) is 9.59 Å². The van der Waals surface area contributed by atoms with Crippen LogP contribution in [0, 0.1) is 5.41 Å². The normalized spacial score (nSPS) is 22.4. The van der Waals surface area contributed by atoms with Gasteiger partial charge in [0.25, 0.3) is 0 Å². The maximum atomic E-state index is 12.5. The van der Waals surface area contributed by atoms with Crippen molar-refractivity contribution < 1.29 is 14.7 Å². The van der Waals surface area contributed by atoms with Crippen molar-refractivity contribution in [2.24, 2.45) is 5.41 Å². The van der Waals surface area contributed by atoms with Crippen LogP contribution in [0.4, 0.5) is 0 Å². The van der Waals surface area contributed by atoms with Crippen LogP contribution in [0.2, 0.25) is 0 Å². The summed E-state index contributed by atoms with van der Waals surface area (Å²) in [5.41, 5.74) is -0.274. The Hall–Kier alpha value is -1.10. The maximum absolute atomic E-state index is 12.5. The molecule has 1 heterocycles. The molecule has 0 aromatic carbocycles. The van der Waals surface area contributed by atoms with E-state index >= 15 is 0 Å². The number of aliphatic carboxylic acids is 1. The topological polar surface area (TPSA) is 60.9 Å². The van der Waals surface area contributed by atoms with Crippen molar-refractivity contribution >= 4 is 11.9 Å². The van der Waals surface area contributed by atoms with Crippen molar-refractivity contribution in [2.45, 2.75) is 51.9 Å². The summed E-state index contributed by atoms with van der Waals surface area (Å²) in [6.07, 6.45) is 5.62. The van der Waals surface area contributed by atoms with Crippen LogP contribution in [0.3, 0.4) is 0 Å². The third-order valence-electron chi connectivity index (χ3n) is 4.98. The van der Waals surface area contributed by atoms with E-state index in [1.807, 2.05) is 4.90 Å². The Morgan fingerprint density at radius 1 is 1.05 bits per heavy atom. The van der Waals surface area contributed by atoms with Crippen molar-refractivity contribution in [2.75, 3.05) is 32.7 Å². The highest BCUT2D eigenvalue weighted by atomic mass is 16.4. The van der Waals surface area contributed by atoms with E-state index in [-0.39, 0.29) is 17.7 Å². The summed E-state index contributed by atoms with van der Waals surface area (Å²) in [5.74, 6) is -0.605. The predicted molar refractivity (Wildman–Crippen MR) is 81.1 cm³/mol. The molecule has 2 aliphatic rings. The molecular weight excluding hydrogens is 268 g/mol. The zero-order valence-electron chi connectivity index (χ0n) is 13.1. The average Bonchev–Trinajstić information content (AvgIpc) is 2.87. The number of carboxylic acid groups (broad SMARTS) is 1. The van der Waals surface area contributed by atoms with Crippen molar-refractivity contribution in [3.63, 3.8) is 0 Å². The number of rotatable bonds is 6. The Kier molecular flexibility index (Phi) is 5.62. The quantitative estimate of drug-likeness (QED) is 0.814. The number of hydrogen-bond donors (Lipinski definition) is 1. The monoisotopic (exact) mass is 296 g/mol. The van der Waals surface area contributed by atoms with Crippen molar-refractivity contribution in [3.05, 3.63) is 0 Å². The molecule has 0 radical (unpaired) electrons. The number of carbonyl (C=O) groups excluding carboxylic acids is 1. The van der Waals surface area contributed by atoms with Gasteiger partial charge in [0, 0.05) is 32.6 Å². The highest BCUT2D eigenvalue weighted by Crippen LogP contribution is 2.44. The van der Waals surface area contributed by atoms with Crippen LogP contribution in [0.25, 0.3) is 0 Å². The molecule has 0 atom stereocenters. The molecular formula is C16H28N2O3. The van der Waals surface area contributed by atoms with Crippen LogP contribution < -0.4 is 0 Å². The van der Waals surface area contributed by atoms with Crippen LogP contribution in [0.15, 0.2) is 0 Å². The third-order valence-corrected chi connectivity index (χ3v) is 4.98. The first kappa shape index (κ1) is 16.3. The second kappa shape index (κ2) is 7.25. The predicted octanol–water partition coefficient (Wildman–Crippen LogP) is 1.97. The van der Waals surface area contributed by atoms with Gasteiger partial charge in [-0.05, 0) is 31.2 Å². The van der Waals surface area contributed by atoms with Crippen molar-refractivity contribution in [1.82, 2.24) is 9.80 Å². The second-order valence-electron chi connectivity index (χ2n) is 6.68. The van der Waals surface area contributed by atoms with Crippen LogP contribution in [0.1, 0.15) is 51.9 Å². The Labute approximate surface area is 127 Å². The van der Waals surface area contributed by atoms with E-state index in [1.165, 1.54) is 0 Å². The summed E-state index contributed by atoms with van der Waals surface area (Å²) in [4.78, 5) is 28.0. The lowest BCUT2D eigenvalue weighted by atomic mass is 9.79. The first-order valence-corrected chi connectivity index (χ1v) is 8.27. The Balaban J connectivity index is 1.87. The molecule has 1 saturated heterocycles. The van der Waals surface area contributed by atoms with Crippen LogP contribution in [-0.2, 0) is 9.59 Å². The fourth-order valence-electron chi connectivity index (χ4n) is 3.83. The summed E-state index contributed by atoms with van der Waals surface area (Å²) < 4.78 is 0. The van der Waals surface area contributed by atoms with E-state index in [2.05, 4.69) is 11.8 Å². The molecule has 0 aromatic heterocycles. The fourth-order valence-corrected chi connectivity index (χ4v) is 3.83. The molecule has 1 aliphatic heterocycles. The first-order valence-electron chi connectivity index (χ1n) is 8.27. The Bertz CT molecular complexity index is 370. The largest absolute Gasteiger partial charge is 0.481 e. The summed E-state index contributed by atoms with van der Waals surface area (Å²) in [5, 5.41) is 9.12. The van der Waals surface area contributed by atoms with Crippen molar-refractivity contribution in [1.29, 1.82) is 0 Å². The molecule has 0 bridgehead atoms. The first-order chi connectivity index (χ1) is 10.0. The summed E-state index contributed by atoms with van der Waals surface area (Å²) in [6.45, 7) is 6.76. The molecule has 2 fully saturated rings. The number of carboxylic acids is 1. The smallest absolute Gasteiger partial charge is 0.303 e. The molecule has 1 aliphatic carbocycles. The molecule has 0 spiro atoms. The van der Waals surface area contributed by atoms with E-state index in [4.69, 9.17) is 5.11 Å². The van der Waals surface area contributed by atoms with Crippen LogP contribution in [0.5, 0.6) is 0 Å². The number of piperazine rings is 1. The van der Waals surface area contributed by atoms with Crippen LogP contribution >= 0.6 is 0 Å². The minimum atomic E-state index is -0.766. The summed E-state index contributed by atoms with van der Waals surface area (Å²) in [6, 6.07) is 0. The van der Waals surface area contributed by atoms with Gasteiger partial charge in [0.15, 0.2) is 0 Å². The van der Waals surface area contributed by atoms with Gasteiger partial charge in [-0.15, -0.1) is 0 Å². The number of nitrogens with zero attached hydrogens (tertiary/aromatic N) is 2. The minimum absolute atomic E-state index is 0.147. The molecule has 1 N–H and O–H groups in total. The molecule has 1 amide bonds.